The summed E-state index contributed by atoms with van der Waals surface area (Å²) >= 11 is 0. The molecule has 2 amide bonds. The topological polar surface area (TPSA) is 75.4 Å². The van der Waals surface area contributed by atoms with E-state index in [0.29, 0.717) is 29.7 Å². The molecule has 1 fully saturated rings. The number of amides is 2. The van der Waals surface area contributed by atoms with Crippen LogP contribution in [0.5, 0.6) is 0 Å². The molecule has 0 saturated carbocycles. The predicted octanol–water partition coefficient (Wildman–Crippen LogP) is 2.66. The van der Waals surface area contributed by atoms with Crippen molar-refractivity contribution in [3.05, 3.63) is 17.3 Å². The van der Waals surface area contributed by atoms with Gasteiger partial charge in [0.1, 0.15) is 5.76 Å². The zero-order valence-corrected chi connectivity index (χ0v) is 14.4. The number of aryl methyl sites for hydroxylation is 1. The molecule has 6 nitrogen and oxygen atoms in total. The van der Waals surface area contributed by atoms with E-state index < -0.39 is 0 Å². The Balaban J connectivity index is 1.92. The quantitative estimate of drug-likeness (QED) is 0.874. The maximum Gasteiger partial charge on any atom is 0.276 e. The first-order valence-corrected chi connectivity index (χ1v) is 8.53. The minimum absolute atomic E-state index is 0.0133. The number of aromatic nitrogens is 1. The molecular formula is C17H27N3O3. The van der Waals surface area contributed by atoms with Gasteiger partial charge in [-0.3, -0.25) is 9.59 Å². The third kappa shape index (κ3) is 4.81. The first kappa shape index (κ1) is 17.5. The fraction of sp³-hybridized carbons (Fsp3) is 0.706. The highest BCUT2D eigenvalue weighted by Crippen LogP contribution is 2.19. The van der Waals surface area contributed by atoms with Crippen molar-refractivity contribution in [2.24, 2.45) is 5.92 Å². The van der Waals surface area contributed by atoms with Crippen LogP contribution in [-0.2, 0) is 11.3 Å². The van der Waals surface area contributed by atoms with E-state index in [1.165, 1.54) is 0 Å². The summed E-state index contributed by atoms with van der Waals surface area (Å²) in [7, 11) is 0. The summed E-state index contributed by atoms with van der Waals surface area (Å²) in [5.41, 5.74) is 0.373. The minimum atomic E-state index is -0.0679. The van der Waals surface area contributed by atoms with Crippen molar-refractivity contribution in [1.82, 2.24) is 15.2 Å². The normalized spacial score (nSPS) is 15.7. The van der Waals surface area contributed by atoms with E-state index in [9.17, 15) is 9.59 Å². The summed E-state index contributed by atoms with van der Waals surface area (Å²) in [6.07, 6.45) is 4.42. The second kappa shape index (κ2) is 8.13. The lowest BCUT2D eigenvalue weighted by atomic mass is 9.99. The van der Waals surface area contributed by atoms with E-state index in [1.807, 2.05) is 11.8 Å². The molecule has 128 valence electrons. The Morgan fingerprint density at radius 2 is 2.04 bits per heavy atom. The molecule has 0 aliphatic carbocycles. The smallest absolute Gasteiger partial charge is 0.276 e. The van der Waals surface area contributed by atoms with Gasteiger partial charge in [-0.2, -0.15) is 0 Å². The molecule has 1 aromatic rings. The number of hydrogen-bond acceptors (Lipinski definition) is 4. The molecule has 1 aliphatic rings. The monoisotopic (exact) mass is 321 g/mol. The number of piperidine rings is 1. The van der Waals surface area contributed by atoms with Crippen LogP contribution in [0.3, 0.4) is 0 Å². The number of carbonyl (C=O) groups is 2. The first-order chi connectivity index (χ1) is 11.0. The standard InChI is InChI=1S/C17H27N3O3/c1-4-5-6-14(21)18-11-15-19-16(13(3)23-15)17(22)20-9-7-12(2)8-10-20/h12H,4-11H2,1-3H3,(H,18,21). The third-order valence-electron chi connectivity index (χ3n) is 4.31. The molecule has 0 aromatic carbocycles. The lowest BCUT2D eigenvalue weighted by Gasteiger charge is -2.29. The van der Waals surface area contributed by atoms with Crippen molar-refractivity contribution in [3.8, 4) is 0 Å². The fourth-order valence-corrected chi connectivity index (χ4v) is 2.69. The molecule has 2 rings (SSSR count). The molecule has 0 radical (unpaired) electrons. The summed E-state index contributed by atoms with van der Waals surface area (Å²) in [6, 6.07) is 0. The second-order valence-corrected chi connectivity index (χ2v) is 6.37. The van der Waals surface area contributed by atoms with Crippen LogP contribution in [0.2, 0.25) is 0 Å². The van der Waals surface area contributed by atoms with Crippen LogP contribution in [0, 0.1) is 12.8 Å². The predicted molar refractivity (Wildman–Crippen MR) is 86.9 cm³/mol. The Kier molecular flexibility index (Phi) is 6.19. The van der Waals surface area contributed by atoms with Crippen molar-refractivity contribution < 1.29 is 14.0 Å². The van der Waals surface area contributed by atoms with E-state index in [2.05, 4.69) is 17.2 Å². The summed E-state index contributed by atoms with van der Waals surface area (Å²) in [4.78, 5) is 30.3. The number of nitrogens with zero attached hydrogens (tertiary/aromatic N) is 2. The minimum Gasteiger partial charge on any atom is -0.443 e. The summed E-state index contributed by atoms with van der Waals surface area (Å²) < 4.78 is 5.53. The van der Waals surface area contributed by atoms with Gasteiger partial charge in [0.2, 0.25) is 11.8 Å². The lowest BCUT2D eigenvalue weighted by molar-refractivity contribution is -0.121. The van der Waals surface area contributed by atoms with Gasteiger partial charge in [0, 0.05) is 19.5 Å². The Morgan fingerprint density at radius 3 is 2.70 bits per heavy atom. The molecule has 1 saturated heterocycles. The molecule has 2 heterocycles. The Labute approximate surface area is 137 Å². The zero-order chi connectivity index (χ0) is 16.8. The number of likely N-dealkylation sites (tertiary alicyclic amines) is 1. The average molecular weight is 321 g/mol. The zero-order valence-electron chi connectivity index (χ0n) is 14.4. The van der Waals surface area contributed by atoms with Crippen LogP contribution in [0.4, 0.5) is 0 Å². The van der Waals surface area contributed by atoms with Gasteiger partial charge in [0.05, 0.1) is 6.54 Å². The molecule has 0 spiro atoms. The summed E-state index contributed by atoms with van der Waals surface area (Å²) in [6.45, 7) is 7.78. The van der Waals surface area contributed by atoms with Crippen LogP contribution in [0.25, 0.3) is 0 Å². The van der Waals surface area contributed by atoms with Gasteiger partial charge in [-0.1, -0.05) is 20.3 Å². The van der Waals surface area contributed by atoms with Gasteiger partial charge in [0.25, 0.3) is 5.91 Å². The van der Waals surface area contributed by atoms with Gasteiger partial charge in [0.15, 0.2) is 5.69 Å². The average Bonchev–Trinajstić information content (AvgIpc) is 2.92. The molecule has 0 atom stereocenters. The lowest BCUT2D eigenvalue weighted by Crippen LogP contribution is -2.38. The van der Waals surface area contributed by atoms with Gasteiger partial charge in [-0.15, -0.1) is 0 Å². The summed E-state index contributed by atoms with van der Waals surface area (Å²) in [5.74, 6) is 1.50. The van der Waals surface area contributed by atoms with Crippen molar-refractivity contribution in [3.63, 3.8) is 0 Å². The van der Waals surface area contributed by atoms with Gasteiger partial charge in [-0.25, -0.2) is 4.98 Å². The number of rotatable bonds is 6. The highest BCUT2D eigenvalue weighted by Gasteiger charge is 2.26. The molecule has 1 aromatic heterocycles. The Hall–Kier alpha value is -1.85. The molecular weight excluding hydrogens is 294 g/mol. The Morgan fingerprint density at radius 1 is 1.35 bits per heavy atom. The molecule has 0 unspecified atom stereocenters. The van der Waals surface area contributed by atoms with Crippen LogP contribution in [0.15, 0.2) is 4.42 Å². The number of oxazole rings is 1. The van der Waals surface area contributed by atoms with Crippen LogP contribution in [0.1, 0.15) is 68.1 Å². The SMILES string of the molecule is CCCCC(=O)NCc1nc(C(=O)N2CCC(C)CC2)c(C)o1. The first-order valence-electron chi connectivity index (χ1n) is 8.53. The molecule has 1 N–H and O–H groups in total. The second-order valence-electron chi connectivity index (χ2n) is 6.37. The molecule has 6 heteroatoms. The number of unbranched alkanes of at least 4 members (excludes halogenated alkanes) is 1. The van der Waals surface area contributed by atoms with E-state index in [1.54, 1.807) is 6.92 Å². The van der Waals surface area contributed by atoms with Crippen LogP contribution < -0.4 is 5.32 Å². The maximum atomic E-state index is 12.5. The van der Waals surface area contributed by atoms with Crippen LogP contribution in [-0.4, -0.2) is 34.8 Å². The molecule has 1 aliphatic heterocycles. The van der Waals surface area contributed by atoms with Crippen molar-refractivity contribution in [1.29, 1.82) is 0 Å². The third-order valence-corrected chi connectivity index (χ3v) is 4.31. The molecule has 23 heavy (non-hydrogen) atoms. The van der Waals surface area contributed by atoms with Crippen molar-refractivity contribution >= 4 is 11.8 Å². The van der Waals surface area contributed by atoms with Crippen molar-refractivity contribution in [2.75, 3.05) is 13.1 Å². The van der Waals surface area contributed by atoms with E-state index >= 15 is 0 Å². The summed E-state index contributed by atoms with van der Waals surface area (Å²) in [5, 5.41) is 2.78. The Bertz CT molecular complexity index is 545. The van der Waals surface area contributed by atoms with Gasteiger partial charge < -0.3 is 14.6 Å². The van der Waals surface area contributed by atoms with Crippen molar-refractivity contribution in [2.45, 2.75) is 59.4 Å². The highest BCUT2D eigenvalue weighted by atomic mass is 16.4. The van der Waals surface area contributed by atoms with Crippen LogP contribution >= 0.6 is 0 Å². The molecule has 0 bridgehead atoms. The number of nitrogens with one attached hydrogen (secondary N) is 1. The number of hydrogen-bond donors (Lipinski definition) is 1. The maximum absolute atomic E-state index is 12.5. The van der Waals surface area contributed by atoms with E-state index in [0.717, 1.165) is 38.8 Å². The van der Waals surface area contributed by atoms with Gasteiger partial charge >= 0.3 is 0 Å². The van der Waals surface area contributed by atoms with E-state index in [4.69, 9.17) is 4.42 Å². The van der Waals surface area contributed by atoms with E-state index in [-0.39, 0.29) is 18.4 Å². The van der Waals surface area contributed by atoms with Gasteiger partial charge in [-0.05, 0) is 32.1 Å². The largest absolute Gasteiger partial charge is 0.443 e. The number of carbonyl (C=O) groups excluding carboxylic acids is 2. The fourth-order valence-electron chi connectivity index (χ4n) is 2.69. The highest BCUT2D eigenvalue weighted by molar-refractivity contribution is 5.93.